The fourth-order valence-corrected chi connectivity index (χ4v) is 9.09. The van der Waals surface area contributed by atoms with Gasteiger partial charge in [-0.3, -0.25) is 9.97 Å². The summed E-state index contributed by atoms with van der Waals surface area (Å²) in [6.07, 6.45) is 8.59. The first kappa shape index (κ1) is 46.8. The average Bonchev–Trinajstić information content (AvgIpc) is 3.40. The summed E-state index contributed by atoms with van der Waals surface area (Å²) in [6, 6.07) is 4.14. The van der Waals surface area contributed by atoms with Gasteiger partial charge < -0.3 is 24.4 Å². The Labute approximate surface area is 324 Å². The van der Waals surface area contributed by atoms with Crippen LogP contribution in [0.3, 0.4) is 0 Å². The Kier molecular flexibility index (Phi) is 16.8. The van der Waals surface area contributed by atoms with Crippen LogP contribution in [0.15, 0.2) is 36.9 Å². The van der Waals surface area contributed by atoms with Gasteiger partial charge in [-0.05, 0) is 101 Å². The van der Waals surface area contributed by atoms with E-state index in [1.54, 1.807) is 18.6 Å². The Balaban J connectivity index is 0.000000353. The normalized spacial score (nSPS) is 23.8. The first-order valence-electron chi connectivity index (χ1n) is 18.5. The summed E-state index contributed by atoms with van der Waals surface area (Å²) in [6.45, 7) is 26.0. The predicted octanol–water partition coefficient (Wildman–Crippen LogP) is 9.69. The highest BCUT2D eigenvalue weighted by Crippen LogP contribution is 2.43. The molecule has 0 bridgehead atoms. The predicted molar refractivity (Wildman–Crippen MR) is 218 cm³/mol. The molecule has 2 aliphatic carbocycles. The standard InChI is InChI=1S/C22H34FN3OSi.C16H28FN3OSi.ClH.H3NO/c1-15-8-9-16(2)26(15)21-14-24-19(13-25-21)17-10-11-20(18(23)12-17)27-28(6,7)22(3,4)5;1-16(2,3)22(4,5)21-14-7-6-11(8-12(14)17)13-9-20-15(18)10-19-13;;1-2/h8-9,13-14,17-18,20H,10-12H2,1-7H3;9-12,14H,6-8H2,1-5H3,(H2,18,20);1H;2H,1H2/t17-,18-,20-;11-,12-,14-;;/m00../s1. The molecule has 15 heteroatoms. The molecule has 2 saturated carbocycles. The van der Waals surface area contributed by atoms with Gasteiger partial charge in [-0.1, -0.05) is 41.5 Å². The summed E-state index contributed by atoms with van der Waals surface area (Å²) in [5, 5.41) is 6.70. The van der Waals surface area contributed by atoms with Crippen molar-refractivity contribution in [2.24, 2.45) is 5.90 Å². The number of halogens is 3. The molecule has 0 radical (unpaired) electrons. The van der Waals surface area contributed by atoms with Gasteiger partial charge in [0, 0.05) is 23.2 Å². The van der Waals surface area contributed by atoms with Crippen LogP contribution in [-0.4, -0.2) is 70.9 Å². The topological polar surface area (TPSA) is 147 Å². The quantitative estimate of drug-likeness (QED) is 0.157. The van der Waals surface area contributed by atoms with E-state index in [1.165, 1.54) is 0 Å². The van der Waals surface area contributed by atoms with Gasteiger partial charge in [0.2, 0.25) is 0 Å². The summed E-state index contributed by atoms with van der Waals surface area (Å²) in [5.41, 5.74) is 9.54. The minimum Gasteiger partial charge on any atom is -0.411 e. The van der Waals surface area contributed by atoms with Crippen molar-refractivity contribution >= 4 is 34.9 Å². The highest BCUT2D eigenvalue weighted by atomic mass is 35.5. The highest BCUT2D eigenvalue weighted by Gasteiger charge is 2.44. The molecule has 5 rings (SSSR count). The monoisotopic (exact) mass is 797 g/mol. The molecule has 2 fully saturated rings. The zero-order chi connectivity index (χ0) is 39.2. The molecule has 0 aliphatic heterocycles. The summed E-state index contributed by atoms with van der Waals surface area (Å²) >= 11 is 0. The van der Waals surface area contributed by atoms with Gasteiger partial charge in [-0.25, -0.2) is 24.6 Å². The van der Waals surface area contributed by atoms with E-state index in [4.69, 9.17) is 19.8 Å². The molecule has 3 aromatic rings. The lowest BCUT2D eigenvalue weighted by atomic mass is 9.84. The van der Waals surface area contributed by atoms with Crippen LogP contribution in [0.1, 0.15) is 115 Å². The van der Waals surface area contributed by atoms with Crippen molar-refractivity contribution in [2.75, 3.05) is 5.73 Å². The van der Waals surface area contributed by atoms with Gasteiger partial charge in [-0.15, -0.1) is 12.4 Å². The Morgan fingerprint density at radius 3 is 1.40 bits per heavy atom. The number of anilines is 1. The lowest BCUT2D eigenvalue weighted by Crippen LogP contribution is -2.47. The summed E-state index contributed by atoms with van der Waals surface area (Å²) in [4.78, 5) is 17.6. The Hall–Kier alpha value is -2.34. The maximum Gasteiger partial charge on any atom is 0.192 e. The van der Waals surface area contributed by atoms with E-state index in [0.717, 1.165) is 54.3 Å². The van der Waals surface area contributed by atoms with E-state index in [9.17, 15) is 8.78 Å². The third-order valence-corrected chi connectivity index (χ3v) is 20.6. The first-order valence-corrected chi connectivity index (χ1v) is 24.4. The third-order valence-electron chi connectivity index (χ3n) is 11.6. The molecule has 0 spiro atoms. The third kappa shape index (κ3) is 12.1. The molecule has 0 aromatic carbocycles. The second kappa shape index (κ2) is 19.0. The SMILES string of the molecule is CC(C)(C)[Si](C)(C)O[C@H]1CC[C@H](c2cnc(N)cn2)C[C@@H]1F.Cc1ccc(C)n1-c1cnc([C@H]2CC[C@H](O[Si](C)(C)C(C)(C)C)[C@@H](F)C2)cn1.Cl.NO. The minimum atomic E-state index is -1.96. The number of nitrogen functional groups attached to an aromatic ring is 1. The van der Waals surface area contributed by atoms with Crippen molar-refractivity contribution in [3.8, 4) is 5.82 Å². The maximum absolute atomic E-state index is 15.0. The summed E-state index contributed by atoms with van der Waals surface area (Å²) < 4.78 is 44.3. The van der Waals surface area contributed by atoms with Gasteiger partial charge in [0.15, 0.2) is 22.5 Å². The van der Waals surface area contributed by atoms with E-state index < -0.39 is 29.0 Å². The number of hydrogen-bond acceptors (Lipinski definition) is 9. The molecule has 0 saturated heterocycles. The number of nitrogens with zero attached hydrogens (tertiary/aromatic N) is 5. The van der Waals surface area contributed by atoms with Gasteiger partial charge in [0.25, 0.3) is 0 Å². The number of hydrogen-bond donors (Lipinski definition) is 3. The van der Waals surface area contributed by atoms with Gasteiger partial charge >= 0.3 is 0 Å². The fraction of sp³-hybridized carbons (Fsp3) is 0.684. The highest BCUT2D eigenvalue weighted by molar-refractivity contribution is 6.74. The van der Waals surface area contributed by atoms with Gasteiger partial charge in [0.05, 0.1) is 48.4 Å². The van der Waals surface area contributed by atoms with Crippen molar-refractivity contribution in [2.45, 2.75) is 167 Å². The molecule has 300 valence electrons. The lowest BCUT2D eigenvalue weighted by molar-refractivity contribution is 0.0448. The minimum absolute atomic E-state index is 0. The van der Waals surface area contributed by atoms with Crippen LogP contribution >= 0.6 is 12.4 Å². The van der Waals surface area contributed by atoms with Crippen molar-refractivity contribution < 1.29 is 22.8 Å². The second-order valence-corrected chi connectivity index (χ2v) is 27.0. The molecule has 5 N–H and O–H groups in total. The van der Waals surface area contributed by atoms with Crippen LogP contribution in [0.25, 0.3) is 5.82 Å². The van der Waals surface area contributed by atoms with Crippen molar-refractivity contribution in [1.29, 1.82) is 0 Å². The average molecular weight is 799 g/mol. The molecule has 3 heterocycles. The molecule has 0 unspecified atom stereocenters. The summed E-state index contributed by atoms with van der Waals surface area (Å²) in [7, 11) is -3.88. The van der Waals surface area contributed by atoms with E-state index in [-0.39, 0.29) is 46.5 Å². The number of aromatic nitrogens is 5. The van der Waals surface area contributed by atoms with E-state index in [0.29, 0.717) is 18.7 Å². The van der Waals surface area contributed by atoms with Crippen LogP contribution in [0.4, 0.5) is 14.6 Å². The van der Waals surface area contributed by atoms with Crippen LogP contribution < -0.4 is 11.6 Å². The largest absolute Gasteiger partial charge is 0.411 e. The molecular formula is C38H66ClF2N7O3Si2. The molecule has 53 heavy (non-hydrogen) atoms. The number of alkyl halides is 2. The summed E-state index contributed by atoms with van der Waals surface area (Å²) in [5.74, 6) is 4.94. The van der Waals surface area contributed by atoms with Crippen LogP contribution in [-0.2, 0) is 8.85 Å². The maximum atomic E-state index is 15.0. The van der Waals surface area contributed by atoms with Crippen LogP contribution in [0, 0.1) is 13.8 Å². The molecule has 6 atom stereocenters. The first-order chi connectivity index (χ1) is 24.1. The molecular weight excluding hydrogens is 732 g/mol. The Morgan fingerprint density at radius 1 is 0.679 bits per heavy atom. The fourth-order valence-electron chi connectivity index (χ4n) is 6.33. The van der Waals surface area contributed by atoms with Gasteiger partial charge in [0.1, 0.15) is 18.2 Å². The van der Waals surface area contributed by atoms with E-state index >= 15 is 0 Å². The van der Waals surface area contributed by atoms with Gasteiger partial charge in [-0.2, -0.15) is 0 Å². The smallest absolute Gasteiger partial charge is 0.192 e. The van der Waals surface area contributed by atoms with Crippen molar-refractivity contribution in [3.63, 3.8) is 0 Å². The van der Waals surface area contributed by atoms with Crippen molar-refractivity contribution in [1.82, 2.24) is 24.5 Å². The van der Waals surface area contributed by atoms with E-state index in [1.807, 2.05) is 6.20 Å². The zero-order valence-corrected chi connectivity index (χ0v) is 36.8. The second-order valence-electron chi connectivity index (χ2n) is 17.5. The van der Waals surface area contributed by atoms with Crippen LogP contribution in [0.5, 0.6) is 0 Å². The van der Waals surface area contributed by atoms with Crippen LogP contribution in [0.2, 0.25) is 36.3 Å². The van der Waals surface area contributed by atoms with E-state index in [2.05, 4.69) is 124 Å². The molecule has 10 nitrogen and oxygen atoms in total. The molecule has 0 amide bonds. The molecule has 3 aromatic heterocycles. The Bertz CT molecular complexity index is 1530. The lowest BCUT2D eigenvalue weighted by Gasteiger charge is -2.42. The van der Waals surface area contributed by atoms with Crippen molar-refractivity contribution in [3.05, 3.63) is 59.7 Å². The Morgan fingerprint density at radius 2 is 1.08 bits per heavy atom. The number of nitrogens with two attached hydrogens (primary N) is 2. The molecule has 2 aliphatic rings. The zero-order valence-electron chi connectivity index (χ0n) is 34.0. The number of rotatable bonds is 7. The number of aryl methyl sites for hydroxylation is 2.